The molecule has 0 aliphatic heterocycles. The molecule has 1 amide bonds. The number of amides is 1. The first-order valence-electron chi connectivity index (χ1n) is 4.71. The van der Waals surface area contributed by atoms with Gasteiger partial charge in [-0.25, -0.2) is 0 Å². The molecule has 1 fully saturated rings. The van der Waals surface area contributed by atoms with E-state index in [4.69, 9.17) is 0 Å². The molecule has 70 valence electrons. The van der Waals surface area contributed by atoms with Crippen molar-refractivity contribution >= 4 is 5.91 Å². The van der Waals surface area contributed by atoms with Crippen LogP contribution in [0.4, 0.5) is 0 Å². The minimum absolute atomic E-state index is 0.00574. The van der Waals surface area contributed by atoms with Gasteiger partial charge in [0.15, 0.2) is 0 Å². The summed E-state index contributed by atoms with van der Waals surface area (Å²) in [6.07, 6.45) is 4.13. The lowest BCUT2D eigenvalue weighted by molar-refractivity contribution is -0.122. The average Bonchev–Trinajstić information content (AvgIpc) is 2.09. The summed E-state index contributed by atoms with van der Waals surface area (Å²) in [5.74, 6) is 0.0425. The minimum Gasteiger partial charge on any atom is -0.391 e. The summed E-state index contributed by atoms with van der Waals surface area (Å²) in [5, 5.41) is 12.3. The highest BCUT2D eigenvalue weighted by molar-refractivity contribution is 5.75. The van der Waals surface area contributed by atoms with Crippen LogP contribution in [-0.4, -0.2) is 23.2 Å². The van der Waals surface area contributed by atoms with Gasteiger partial charge in [-0.1, -0.05) is 19.8 Å². The third-order valence-electron chi connectivity index (χ3n) is 2.40. The number of hydrogen-bond acceptors (Lipinski definition) is 2. The zero-order valence-corrected chi connectivity index (χ0v) is 7.55. The van der Waals surface area contributed by atoms with E-state index in [0.717, 1.165) is 25.7 Å². The molecule has 0 unspecified atom stereocenters. The van der Waals surface area contributed by atoms with E-state index in [2.05, 4.69) is 5.32 Å². The van der Waals surface area contributed by atoms with Gasteiger partial charge in [0, 0.05) is 6.42 Å². The van der Waals surface area contributed by atoms with Gasteiger partial charge in [-0.15, -0.1) is 0 Å². The summed E-state index contributed by atoms with van der Waals surface area (Å²) >= 11 is 0. The van der Waals surface area contributed by atoms with Gasteiger partial charge in [-0.3, -0.25) is 4.79 Å². The van der Waals surface area contributed by atoms with E-state index in [0.29, 0.717) is 6.42 Å². The number of hydrogen-bond donors (Lipinski definition) is 2. The fourth-order valence-electron chi connectivity index (χ4n) is 1.59. The van der Waals surface area contributed by atoms with Gasteiger partial charge in [-0.2, -0.15) is 0 Å². The summed E-state index contributed by atoms with van der Waals surface area (Å²) in [6.45, 7) is 1.82. The zero-order chi connectivity index (χ0) is 8.97. The van der Waals surface area contributed by atoms with Crippen LogP contribution in [-0.2, 0) is 4.79 Å². The van der Waals surface area contributed by atoms with Crippen molar-refractivity contribution < 1.29 is 9.90 Å². The van der Waals surface area contributed by atoms with Crippen LogP contribution in [0.5, 0.6) is 0 Å². The van der Waals surface area contributed by atoms with E-state index < -0.39 is 0 Å². The molecule has 2 N–H and O–H groups in total. The van der Waals surface area contributed by atoms with Crippen molar-refractivity contribution in [3.8, 4) is 0 Å². The van der Waals surface area contributed by atoms with Crippen molar-refractivity contribution in [1.29, 1.82) is 0 Å². The highest BCUT2D eigenvalue weighted by atomic mass is 16.3. The topological polar surface area (TPSA) is 49.3 Å². The fourth-order valence-corrected chi connectivity index (χ4v) is 1.59. The summed E-state index contributed by atoms with van der Waals surface area (Å²) in [7, 11) is 0. The average molecular weight is 171 g/mol. The summed E-state index contributed by atoms with van der Waals surface area (Å²) < 4.78 is 0. The summed E-state index contributed by atoms with van der Waals surface area (Å²) in [4.78, 5) is 11.0. The maximum atomic E-state index is 11.0. The molecular formula is C9H17NO2. The molecule has 1 rings (SSSR count). The Balaban J connectivity index is 2.33. The van der Waals surface area contributed by atoms with Crippen molar-refractivity contribution in [2.75, 3.05) is 0 Å². The van der Waals surface area contributed by atoms with Gasteiger partial charge in [-0.05, 0) is 12.8 Å². The van der Waals surface area contributed by atoms with Crippen LogP contribution in [0.3, 0.4) is 0 Å². The molecule has 0 radical (unpaired) electrons. The van der Waals surface area contributed by atoms with Gasteiger partial charge in [0.2, 0.25) is 5.91 Å². The Hall–Kier alpha value is -0.570. The van der Waals surface area contributed by atoms with Crippen LogP contribution >= 0.6 is 0 Å². The Morgan fingerprint density at radius 3 is 2.75 bits per heavy atom. The molecule has 0 aromatic rings. The highest BCUT2D eigenvalue weighted by Gasteiger charge is 2.23. The van der Waals surface area contributed by atoms with Crippen molar-refractivity contribution in [1.82, 2.24) is 5.32 Å². The number of rotatable bonds is 2. The maximum Gasteiger partial charge on any atom is 0.220 e. The normalized spacial score (nSPS) is 29.8. The largest absolute Gasteiger partial charge is 0.391 e. The van der Waals surface area contributed by atoms with Crippen LogP contribution in [0.25, 0.3) is 0 Å². The molecule has 0 bridgehead atoms. The minimum atomic E-state index is -0.325. The fraction of sp³-hybridized carbons (Fsp3) is 0.889. The smallest absolute Gasteiger partial charge is 0.220 e. The highest BCUT2D eigenvalue weighted by Crippen LogP contribution is 2.18. The molecule has 1 aliphatic carbocycles. The lowest BCUT2D eigenvalue weighted by Gasteiger charge is -2.28. The first-order valence-corrected chi connectivity index (χ1v) is 4.71. The van der Waals surface area contributed by atoms with Crippen LogP contribution < -0.4 is 5.32 Å². The third kappa shape index (κ3) is 2.48. The van der Waals surface area contributed by atoms with Gasteiger partial charge >= 0.3 is 0 Å². The zero-order valence-electron chi connectivity index (χ0n) is 7.55. The van der Waals surface area contributed by atoms with Crippen molar-refractivity contribution in [2.45, 2.75) is 51.2 Å². The van der Waals surface area contributed by atoms with E-state index in [9.17, 15) is 9.90 Å². The predicted octanol–water partition coefficient (Wildman–Crippen LogP) is 0.816. The van der Waals surface area contributed by atoms with Crippen LogP contribution in [0, 0.1) is 0 Å². The van der Waals surface area contributed by atoms with E-state index in [1.807, 2.05) is 6.92 Å². The van der Waals surface area contributed by atoms with E-state index >= 15 is 0 Å². The first kappa shape index (κ1) is 9.52. The third-order valence-corrected chi connectivity index (χ3v) is 2.40. The monoisotopic (exact) mass is 171 g/mol. The molecule has 0 heterocycles. The molecule has 1 aliphatic rings. The van der Waals surface area contributed by atoms with E-state index in [-0.39, 0.29) is 18.1 Å². The lowest BCUT2D eigenvalue weighted by Crippen LogP contribution is -2.44. The summed E-state index contributed by atoms with van der Waals surface area (Å²) in [6, 6.07) is 0.00574. The van der Waals surface area contributed by atoms with Gasteiger partial charge in [0.1, 0.15) is 0 Å². The molecule has 3 heteroatoms. The second kappa shape index (κ2) is 4.45. The number of aliphatic hydroxyl groups is 1. The van der Waals surface area contributed by atoms with Gasteiger partial charge < -0.3 is 10.4 Å². The number of carbonyl (C=O) groups excluding carboxylic acids is 1. The van der Waals surface area contributed by atoms with E-state index in [1.165, 1.54) is 0 Å². The lowest BCUT2D eigenvalue weighted by atomic mass is 9.92. The quantitative estimate of drug-likeness (QED) is 0.646. The Kier molecular flexibility index (Phi) is 3.53. The van der Waals surface area contributed by atoms with E-state index in [1.54, 1.807) is 0 Å². The van der Waals surface area contributed by atoms with Crippen LogP contribution in [0.15, 0.2) is 0 Å². The molecule has 1 saturated carbocycles. The SMILES string of the molecule is CCC(=O)N[C@H]1CCCC[C@@H]1O. The van der Waals surface area contributed by atoms with Crippen LogP contribution in [0.1, 0.15) is 39.0 Å². The molecule has 3 nitrogen and oxygen atoms in total. The molecule has 2 atom stereocenters. The van der Waals surface area contributed by atoms with Crippen LogP contribution in [0.2, 0.25) is 0 Å². The molecule has 0 aromatic carbocycles. The number of carbonyl (C=O) groups is 1. The number of nitrogens with one attached hydrogen (secondary N) is 1. The Labute approximate surface area is 73.2 Å². The van der Waals surface area contributed by atoms with Crippen molar-refractivity contribution in [3.05, 3.63) is 0 Å². The van der Waals surface area contributed by atoms with Gasteiger partial charge in [0.05, 0.1) is 12.1 Å². The number of aliphatic hydroxyl groups excluding tert-OH is 1. The predicted molar refractivity (Wildman–Crippen MR) is 46.7 cm³/mol. The summed E-state index contributed by atoms with van der Waals surface area (Å²) in [5.41, 5.74) is 0. The molecule has 0 spiro atoms. The molecular weight excluding hydrogens is 154 g/mol. The van der Waals surface area contributed by atoms with Gasteiger partial charge in [0.25, 0.3) is 0 Å². The molecule has 0 saturated heterocycles. The Bertz CT molecular complexity index is 159. The standard InChI is InChI=1S/C9H17NO2/c1-2-9(12)10-7-5-3-4-6-8(7)11/h7-8,11H,2-6H2,1H3,(H,10,12)/t7-,8-/m0/s1. The Morgan fingerprint density at radius 1 is 1.50 bits per heavy atom. The molecule has 0 aromatic heterocycles. The second-order valence-electron chi connectivity index (χ2n) is 3.38. The first-order chi connectivity index (χ1) is 5.74. The molecule has 12 heavy (non-hydrogen) atoms. The second-order valence-corrected chi connectivity index (χ2v) is 3.38. The maximum absolute atomic E-state index is 11.0. The Morgan fingerprint density at radius 2 is 2.17 bits per heavy atom. The van der Waals surface area contributed by atoms with Crippen molar-refractivity contribution in [3.63, 3.8) is 0 Å². The van der Waals surface area contributed by atoms with Crippen molar-refractivity contribution in [2.24, 2.45) is 0 Å².